The van der Waals surface area contributed by atoms with E-state index in [1.807, 2.05) is 0 Å². The van der Waals surface area contributed by atoms with Gasteiger partial charge in [-0.25, -0.2) is 4.98 Å². The number of aromatic nitrogens is 2. The zero-order valence-corrected chi connectivity index (χ0v) is 10.8. The van der Waals surface area contributed by atoms with Crippen molar-refractivity contribution in [1.29, 1.82) is 0 Å². The summed E-state index contributed by atoms with van der Waals surface area (Å²) in [5, 5.41) is 1.38. The van der Waals surface area contributed by atoms with Gasteiger partial charge < -0.3 is 4.74 Å². The second-order valence-electron chi connectivity index (χ2n) is 3.19. The van der Waals surface area contributed by atoms with Gasteiger partial charge >= 0.3 is 0 Å². The fourth-order valence-corrected chi connectivity index (χ4v) is 1.67. The van der Waals surface area contributed by atoms with Crippen LogP contribution >= 0.6 is 34.8 Å². The number of ether oxygens (including phenoxy) is 1. The molecule has 3 nitrogen and oxygen atoms in total. The van der Waals surface area contributed by atoms with Gasteiger partial charge in [-0.3, -0.25) is 4.98 Å². The van der Waals surface area contributed by atoms with E-state index in [1.165, 1.54) is 6.20 Å². The van der Waals surface area contributed by atoms with E-state index >= 15 is 0 Å². The summed E-state index contributed by atoms with van der Waals surface area (Å²) in [6.45, 7) is 0.210. The van der Waals surface area contributed by atoms with Crippen LogP contribution in [0.3, 0.4) is 0 Å². The van der Waals surface area contributed by atoms with Crippen LogP contribution in [0.15, 0.2) is 30.6 Å². The summed E-state index contributed by atoms with van der Waals surface area (Å²) >= 11 is 17.5. The Labute approximate surface area is 113 Å². The van der Waals surface area contributed by atoms with Crippen LogP contribution in [0, 0.1) is 0 Å². The molecule has 6 heteroatoms. The van der Waals surface area contributed by atoms with Crippen molar-refractivity contribution >= 4 is 34.8 Å². The zero-order chi connectivity index (χ0) is 12.3. The third-order valence-electron chi connectivity index (χ3n) is 1.94. The largest absolute Gasteiger partial charge is 0.486 e. The van der Waals surface area contributed by atoms with Gasteiger partial charge in [0.05, 0.1) is 21.9 Å². The SMILES string of the molecule is Clc1cncc(OCc2nc(Cl)ccc2Cl)c1. The van der Waals surface area contributed by atoms with Gasteiger partial charge in [0.1, 0.15) is 17.5 Å². The van der Waals surface area contributed by atoms with E-state index < -0.39 is 0 Å². The summed E-state index contributed by atoms with van der Waals surface area (Å²) in [4.78, 5) is 7.97. The van der Waals surface area contributed by atoms with Gasteiger partial charge in [0.15, 0.2) is 0 Å². The third-order valence-corrected chi connectivity index (χ3v) is 2.70. The van der Waals surface area contributed by atoms with Crippen LogP contribution in [0.4, 0.5) is 0 Å². The molecule has 2 rings (SSSR count). The van der Waals surface area contributed by atoms with E-state index in [2.05, 4.69) is 9.97 Å². The molecule has 88 valence electrons. The van der Waals surface area contributed by atoms with E-state index in [4.69, 9.17) is 39.5 Å². The molecule has 2 heterocycles. The van der Waals surface area contributed by atoms with E-state index in [-0.39, 0.29) is 6.61 Å². The number of nitrogens with zero attached hydrogens (tertiary/aromatic N) is 2. The molecule has 0 N–H and O–H groups in total. The molecule has 2 aromatic heterocycles. The summed E-state index contributed by atoms with van der Waals surface area (Å²) in [5.74, 6) is 0.551. The maximum atomic E-state index is 5.95. The maximum absolute atomic E-state index is 5.95. The number of hydrogen-bond donors (Lipinski definition) is 0. The first kappa shape index (κ1) is 12.4. The molecule has 0 saturated carbocycles. The van der Waals surface area contributed by atoms with Gasteiger partial charge in [-0.1, -0.05) is 34.8 Å². The monoisotopic (exact) mass is 288 g/mol. The van der Waals surface area contributed by atoms with Crippen molar-refractivity contribution in [3.63, 3.8) is 0 Å². The van der Waals surface area contributed by atoms with Gasteiger partial charge in [0.25, 0.3) is 0 Å². The van der Waals surface area contributed by atoms with Gasteiger partial charge in [-0.05, 0) is 12.1 Å². The first-order valence-electron chi connectivity index (χ1n) is 4.69. The molecule has 0 amide bonds. The summed E-state index contributed by atoms with van der Waals surface area (Å²) in [5.41, 5.74) is 0.569. The first-order valence-corrected chi connectivity index (χ1v) is 5.83. The highest BCUT2D eigenvalue weighted by molar-refractivity contribution is 6.32. The molecule has 0 saturated heterocycles. The van der Waals surface area contributed by atoms with Crippen LogP contribution < -0.4 is 4.74 Å². The van der Waals surface area contributed by atoms with Gasteiger partial charge in [-0.15, -0.1) is 0 Å². The lowest BCUT2D eigenvalue weighted by molar-refractivity contribution is 0.300. The van der Waals surface area contributed by atoms with E-state index in [9.17, 15) is 0 Å². The van der Waals surface area contributed by atoms with Crippen LogP contribution in [0.25, 0.3) is 0 Å². The van der Waals surface area contributed by atoms with Crippen LogP contribution in [-0.4, -0.2) is 9.97 Å². The topological polar surface area (TPSA) is 35.0 Å². The van der Waals surface area contributed by atoms with Crippen LogP contribution in [-0.2, 0) is 6.61 Å². The number of rotatable bonds is 3. The highest BCUT2D eigenvalue weighted by atomic mass is 35.5. The average molecular weight is 290 g/mol. The minimum Gasteiger partial charge on any atom is -0.486 e. The van der Waals surface area contributed by atoms with Crippen molar-refractivity contribution in [1.82, 2.24) is 9.97 Å². The highest BCUT2D eigenvalue weighted by Gasteiger charge is 2.04. The Morgan fingerprint density at radius 1 is 1.12 bits per heavy atom. The van der Waals surface area contributed by atoms with E-state index in [0.717, 1.165) is 0 Å². The lowest BCUT2D eigenvalue weighted by Gasteiger charge is -2.07. The van der Waals surface area contributed by atoms with Crippen molar-refractivity contribution in [2.24, 2.45) is 0 Å². The van der Waals surface area contributed by atoms with E-state index in [1.54, 1.807) is 24.4 Å². The number of hydrogen-bond acceptors (Lipinski definition) is 3. The Bertz CT molecular complexity index is 534. The highest BCUT2D eigenvalue weighted by Crippen LogP contribution is 2.20. The predicted molar refractivity (Wildman–Crippen MR) is 67.8 cm³/mol. The second kappa shape index (κ2) is 5.54. The summed E-state index contributed by atoms with van der Waals surface area (Å²) in [6.07, 6.45) is 3.09. The first-order chi connectivity index (χ1) is 8.15. The number of pyridine rings is 2. The van der Waals surface area contributed by atoms with Crippen LogP contribution in [0.1, 0.15) is 5.69 Å². The third kappa shape index (κ3) is 3.46. The van der Waals surface area contributed by atoms with Crippen molar-refractivity contribution in [3.05, 3.63) is 51.5 Å². The maximum Gasteiger partial charge on any atom is 0.139 e. The lowest BCUT2D eigenvalue weighted by atomic mass is 10.3. The minimum absolute atomic E-state index is 0.210. The molecule has 0 fully saturated rings. The Kier molecular flexibility index (Phi) is 4.05. The predicted octanol–water partition coefficient (Wildman–Crippen LogP) is 4.02. The summed E-state index contributed by atoms with van der Waals surface area (Å²) < 4.78 is 5.46. The van der Waals surface area contributed by atoms with Crippen LogP contribution in [0.5, 0.6) is 5.75 Å². The Balaban J connectivity index is 2.09. The molecule has 0 aromatic carbocycles. The summed E-state index contributed by atoms with van der Waals surface area (Å²) in [6, 6.07) is 4.95. The Hall–Kier alpha value is -1.03. The molecule has 0 aliphatic carbocycles. The van der Waals surface area contributed by atoms with Crippen molar-refractivity contribution < 1.29 is 4.74 Å². The quantitative estimate of drug-likeness (QED) is 0.801. The average Bonchev–Trinajstić information content (AvgIpc) is 2.30. The van der Waals surface area contributed by atoms with Crippen molar-refractivity contribution in [3.8, 4) is 5.75 Å². The fraction of sp³-hybridized carbons (Fsp3) is 0.0909. The van der Waals surface area contributed by atoms with Crippen molar-refractivity contribution in [2.45, 2.75) is 6.61 Å². The molecule has 17 heavy (non-hydrogen) atoms. The molecule has 0 aliphatic heterocycles. The molecule has 0 bridgehead atoms. The second-order valence-corrected chi connectivity index (χ2v) is 4.42. The fourth-order valence-electron chi connectivity index (χ4n) is 1.18. The van der Waals surface area contributed by atoms with Gasteiger partial charge in [-0.2, -0.15) is 0 Å². The van der Waals surface area contributed by atoms with Crippen LogP contribution in [0.2, 0.25) is 15.2 Å². The van der Waals surface area contributed by atoms with Crippen molar-refractivity contribution in [2.75, 3.05) is 0 Å². The number of halogens is 3. The minimum atomic E-state index is 0.210. The summed E-state index contributed by atoms with van der Waals surface area (Å²) in [7, 11) is 0. The molecule has 0 aliphatic rings. The lowest BCUT2D eigenvalue weighted by Crippen LogP contribution is -1.99. The normalized spacial score (nSPS) is 10.3. The molecule has 0 spiro atoms. The molecule has 0 atom stereocenters. The molecule has 0 radical (unpaired) electrons. The van der Waals surface area contributed by atoms with Gasteiger partial charge in [0.2, 0.25) is 0 Å². The van der Waals surface area contributed by atoms with E-state index in [0.29, 0.717) is 26.6 Å². The standard InChI is InChI=1S/C11H7Cl3N2O/c12-7-3-8(5-15-4-7)17-6-10-9(13)1-2-11(14)16-10/h1-5H,6H2. The molecular weight excluding hydrogens is 282 g/mol. The molecule has 2 aromatic rings. The molecule has 0 unspecified atom stereocenters. The Morgan fingerprint density at radius 3 is 2.71 bits per heavy atom. The Morgan fingerprint density at radius 2 is 1.94 bits per heavy atom. The molecular formula is C11H7Cl3N2O. The smallest absolute Gasteiger partial charge is 0.139 e. The van der Waals surface area contributed by atoms with Gasteiger partial charge in [0, 0.05) is 12.3 Å². The zero-order valence-electron chi connectivity index (χ0n) is 8.53.